The van der Waals surface area contributed by atoms with Crippen LogP contribution in [0.25, 0.3) is 0 Å². The van der Waals surface area contributed by atoms with Crippen molar-refractivity contribution in [2.24, 2.45) is 0 Å². The summed E-state index contributed by atoms with van der Waals surface area (Å²) >= 11 is 0. The van der Waals surface area contributed by atoms with Crippen LogP contribution in [0.1, 0.15) is 12.0 Å². The quantitative estimate of drug-likeness (QED) is 0.841. The van der Waals surface area contributed by atoms with Crippen LogP contribution in [0.3, 0.4) is 0 Å². The van der Waals surface area contributed by atoms with E-state index in [2.05, 4.69) is 5.32 Å². The number of sulfone groups is 1. The molecule has 1 N–H and O–H groups in total. The molecule has 0 radical (unpaired) electrons. The molecule has 3 nitrogen and oxygen atoms in total. The van der Waals surface area contributed by atoms with E-state index in [0.717, 1.165) is 24.3 Å². The lowest BCUT2D eigenvalue weighted by Crippen LogP contribution is -2.14. The average molecular weight is 281 g/mol. The first-order valence-corrected chi connectivity index (χ1v) is 6.97. The minimum absolute atomic E-state index is 0.0772. The molecule has 0 bridgehead atoms. The minimum Gasteiger partial charge on any atom is -0.320 e. The number of alkyl halides is 3. The van der Waals surface area contributed by atoms with Gasteiger partial charge in [-0.1, -0.05) is 0 Å². The molecule has 0 fully saturated rings. The van der Waals surface area contributed by atoms with Crippen molar-refractivity contribution in [1.82, 2.24) is 5.32 Å². The summed E-state index contributed by atoms with van der Waals surface area (Å²) in [5.74, 6) is -0.0841. The fourth-order valence-corrected chi connectivity index (χ4v) is 2.72. The molecule has 0 aliphatic rings. The molecule has 0 aliphatic heterocycles. The molecule has 0 aromatic heterocycles. The summed E-state index contributed by atoms with van der Waals surface area (Å²) in [5.41, 5.74) is -0.850. The molecule has 0 aliphatic carbocycles. The Kier molecular flexibility index (Phi) is 4.75. The molecular formula is C11H14F3NO2S. The fraction of sp³-hybridized carbons (Fsp3) is 0.455. The van der Waals surface area contributed by atoms with Crippen molar-refractivity contribution < 1.29 is 21.6 Å². The Morgan fingerprint density at radius 3 is 2.17 bits per heavy atom. The third-order valence-electron chi connectivity index (χ3n) is 2.38. The van der Waals surface area contributed by atoms with Gasteiger partial charge in [0.2, 0.25) is 0 Å². The van der Waals surface area contributed by atoms with Crippen molar-refractivity contribution in [3.63, 3.8) is 0 Å². The van der Waals surface area contributed by atoms with Crippen LogP contribution in [-0.2, 0) is 16.0 Å². The molecule has 0 atom stereocenters. The lowest BCUT2D eigenvalue weighted by molar-refractivity contribution is -0.137. The highest BCUT2D eigenvalue weighted by atomic mass is 32.2. The topological polar surface area (TPSA) is 46.2 Å². The summed E-state index contributed by atoms with van der Waals surface area (Å²) in [4.78, 5) is -0.0772. The second-order valence-corrected chi connectivity index (χ2v) is 5.91. The molecule has 0 heterocycles. The number of benzene rings is 1. The van der Waals surface area contributed by atoms with Gasteiger partial charge in [-0.25, -0.2) is 8.42 Å². The lowest BCUT2D eigenvalue weighted by atomic mass is 10.2. The monoisotopic (exact) mass is 281 g/mol. The van der Waals surface area contributed by atoms with Crippen LogP contribution >= 0.6 is 0 Å². The Bertz CT molecular complexity index is 480. The summed E-state index contributed by atoms with van der Waals surface area (Å²) in [6.45, 7) is 0.542. The summed E-state index contributed by atoms with van der Waals surface area (Å²) in [7, 11) is -1.80. The SMILES string of the molecule is CNCCCS(=O)(=O)c1ccc(C(F)(F)F)cc1. The van der Waals surface area contributed by atoms with E-state index >= 15 is 0 Å². The maximum Gasteiger partial charge on any atom is 0.416 e. The van der Waals surface area contributed by atoms with Crippen LogP contribution in [0.4, 0.5) is 13.2 Å². The van der Waals surface area contributed by atoms with Crippen LogP contribution in [0.2, 0.25) is 0 Å². The van der Waals surface area contributed by atoms with Gasteiger partial charge in [0.25, 0.3) is 0 Å². The van der Waals surface area contributed by atoms with Crippen molar-refractivity contribution in [3.05, 3.63) is 29.8 Å². The van der Waals surface area contributed by atoms with Gasteiger partial charge < -0.3 is 5.32 Å². The maximum absolute atomic E-state index is 12.3. The molecule has 102 valence electrons. The Morgan fingerprint density at radius 1 is 1.17 bits per heavy atom. The van der Waals surface area contributed by atoms with Crippen LogP contribution in [-0.4, -0.2) is 27.8 Å². The van der Waals surface area contributed by atoms with Gasteiger partial charge in [0.15, 0.2) is 9.84 Å². The number of rotatable bonds is 5. The zero-order valence-electron chi connectivity index (χ0n) is 9.79. The molecule has 0 saturated heterocycles. The standard InChI is InChI=1S/C11H14F3NO2S/c1-15-7-2-8-18(16,17)10-5-3-9(4-6-10)11(12,13)14/h3-6,15H,2,7-8H2,1H3. The molecule has 7 heteroatoms. The Balaban J connectivity index is 2.85. The zero-order chi connectivity index (χ0) is 13.8. The van der Waals surface area contributed by atoms with E-state index in [0.29, 0.717) is 13.0 Å². The van der Waals surface area contributed by atoms with Gasteiger partial charge in [0.05, 0.1) is 16.2 Å². The highest BCUT2D eigenvalue weighted by Gasteiger charge is 2.30. The predicted molar refractivity (Wildman–Crippen MR) is 62.0 cm³/mol. The van der Waals surface area contributed by atoms with Crippen LogP contribution in [0.15, 0.2) is 29.2 Å². The number of halogens is 3. The molecule has 0 unspecified atom stereocenters. The molecule has 18 heavy (non-hydrogen) atoms. The van der Waals surface area contributed by atoms with E-state index in [1.54, 1.807) is 7.05 Å². The third-order valence-corrected chi connectivity index (χ3v) is 4.20. The number of hydrogen-bond donors (Lipinski definition) is 1. The summed E-state index contributed by atoms with van der Waals surface area (Å²) in [6, 6.07) is 3.56. The van der Waals surface area contributed by atoms with Gasteiger partial charge in [-0.3, -0.25) is 0 Å². The fourth-order valence-electron chi connectivity index (χ4n) is 1.41. The molecule has 0 amide bonds. The summed E-state index contributed by atoms with van der Waals surface area (Å²) < 4.78 is 60.4. The highest BCUT2D eigenvalue weighted by molar-refractivity contribution is 7.91. The van der Waals surface area contributed by atoms with Gasteiger partial charge in [0.1, 0.15) is 0 Å². The predicted octanol–water partition coefficient (Wildman–Crippen LogP) is 2.09. The second-order valence-electron chi connectivity index (χ2n) is 3.80. The smallest absolute Gasteiger partial charge is 0.320 e. The van der Waals surface area contributed by atoms with Crippen LogP contribution in [0, 0.1) is 0 Å². The van der Waals surface area contributed by atoms with Crippen molar-refractivity contribution >= 4 is 9.84 Å². The first-order chi connectivity index (χ1) is 8.27. The minimum atomic E-state index is -4.45. The zero-order valence-corrected chi connectivity index (χ0v) is 10.6. The molecule has 1 aromatic carbocycles. The second kappa shape index (κ2) is 5.71. The normalized spacial score (nSPS) is 12.7. The van der Waals surface area contributed by atoms with E-state index < -0.39 is 21.6 Å². The van der Waals surface area contributed by atoms with Gasteiger partial charge >= 0.3 is 6.18 Å². The van der Waals surface area contributed by atoms with Gasteiger partial charge in [-0.2, -0.15) is 13.2 Å². The largest absolute Gasteiger partial charge is 0.416 e. The van der Waals surface area contributed by atoms with Crippen molar-refractivity contribution in [2.45, 2.75) is 17.5 Å². The Hall–Kier alpha value is -1.08. The van der Waals surface area contributed by atoms with E-state index in [9.17, 15) is 21.6 Å². The number of hydrogen-bond acceptors (Lipinski definition) is 3. The van der Waals surface area contributed by atoms with Crippen molar-refractivity contribution in [3.8, 4) is 0 Å². The van der Waals surface area contributed by atoms with Gasteiger partial charge in [-0.05, 0) is 44.3 Å². The molecule has 0 saturated carbocycles. The first-order valence-electron chi connectivity index (χ1n) is 5.32. The highest BCUT2D eigenvalue weighted by Crippen LogP contribution is 2.29. The Morgan fingerprint density at radius 2 is 1.72 bits per heavy atom. The van der Waals surface area contributed by atoms with E-state index in [-0.39, 0.29) is 10.6 Å². The Labute approximate surface area is 104 Å². The van der Waals surface area contributed by atoms with Crippen molar-refractivity contribution in [1.29, 1.82) is 0 Å². The first kappa shape index (κ1) is 15.0. The summed E-state index contributed by atoms with van der Waals surface area (Å²) in [5, 5.41) is 2.81. The van der Waals surface area contributed by atoms with Gasteiger partial charge in [-0.15, -0.1) is 0 Å². The van der Waals surface area contributed by atoms with Crippen LogP contribution < -0.4 is 5.32 Å². The van der Waals surface area contributed by atoms with Gasteiger partial charge in [0, 0.05) is 0 Å². The van der Waals surface area contributed by atoms with Crippen LogP contribution in [0.5, 0.6) is 0 Å². The number of nitrogens with one attached hydrogen (secondary N) is 1. The average Bonchev–Trinajstić information content (AvgIpc) is 2.28. The molecule has 1 aromatic rings. The molecular weight excluding hydrogens is 267 g/mol. The third kappa shape index (κ3) is 3.99. The summed E-state index contributed by atoms with van der Waals surface area (Å²) in [6.07, 6.45) is -4.03. The van der Waals surface area contributed by atoms with Crippen molar-refractivity contribution in [2.75, 3.05) is 19.3 Å². The lowest BCUT2D eigenvalue weighted by Gasteiger charge is -2.08. The van der Waals surface area contributed by atoms with E-state index in [1.807, 2.05) is 0 Å². The molecule has 0 spiro atoms. The van der Waals surface area contributed by atoms with E-state index in [4.69, 9.17) is 0 Å². The maximum atomic E-state index is 12.3. The van der Waals surface area contributed by atoms with E-state index in [1.165, 1.54) is 0 Å². The molecule has 1 rings (SSSR count).